The third kappa shape index (κ3) is 3.11. The van der Waals surface area contributed by atoms with Gasteiger partial charge in [-0.25, -0.2) is 4.98 Å². The normalized spacial score (nSPS) is 10.6. The third-order valence-corrected chi connectivity index (χ3v) is 4.12. The lowest BCUT2D eigenvalue weighted by atomic mass is 10.1. The van der Waals surface area contributed by atoms with Gasteiger partial charge in [0.05, 0.1) is 24.9 Å². The van der Waals surface area contributed by atoms with Crippen LogP contribution < -0.4 is 14.8 Å². The monoisotopic (exact) mass is 292 g/mol. The van der Waals surface area contributed by atoms with E-state index in [1.807, 2.05) is 25.2 Å². The number of nitrogens with one attached hydrogen (secondary N) is 1. The zero-order valence-corrected chi connectivity index (χ0v) is 13.1. The highest BCUT2D eigenvalue weighted by molar-refractivity contribution is 7.12. The summed E-state index contributed by atoms with van der Waals surface area (Å²) in [6, 6.07) is 5.91. The fourth-order valence-electron chi connectivity index (χ4n) is 2.04. The number of thiazole rings is 1. The number of methoxy groups -OCH3 is 2. The van der Waals surface area contributed by atoms with E-state index >= 15 is 0 Å². The number of nitrogens with zero attached hydrogens (tertiary/aromatic N) is 1. The molecule has 2 rings (SSSR count). The molecule has 0 aliphatic carbocycles. The van der Waals surface area contributed by atoms with Crippen LogP contribution in [0, 0.1) is 6.92 Å². The molecular weight excluding hydrogens is 272 g/mol. The molecule has 0 fully saturated rings. The summed E-state index contributed by atoms with van der Waals surface area (Å²) in [5, 5.41) is 4.30. The number of hydrogen-bond acceptors (Lipinski definition) is 5. The lowest BCUT2D eigenvalue weighted by Gasteiger charge is -2.08. The highest BCUT2D eigenvalue weighted by Crippen LogP contribution is 2.34. The van der Waals surface area contributed by atoms with Crippen LogP contribution in [0.25, 0.3) is 11.3 Å². The Balaban J connectivity index is 2.33. The Morgan fingerprint density at radius 3 is 2.60 bits per heavy atom. The van der Waals surface area contributed by atoms with Crippen LogP contribution >= 0.6 is 11.3 Å². The van der Waals surface area contributed by atoms with Gasteiger partial charge >= 0.3 is 0 Å². The maximum absolute atomic E-state index is 5.35. The molecule has 1 aromatic heterocycles. The molecule has 0 aliphatic heterocycles. The molecule has 0 aliphatic rings. The van der Waals surface area contributed by atoms with E-state index in [0.29, 0.717) is 0 Å². The van der Waals surface area contributed by atoms with Crippen molar-refractivity contribution in [2.75, 3.05) is 27.8 Å². The number of likely N-dealkylation sites (N-methyl/N-ethyl adjacent to an activating group) is 1. The second-order valence-corrected chi connectivity index (χ2v) is 5.72. The Morgan fingerprint density at radius 1 is 1.20 bits per heavy atom. The predicted octanol–water partition coefficient (Wildman–Crippen LogP) is 2.90. The second kappa shape index (κ2) is 6.72. The molecule has 108 valence electrons. The summed E-state index contributed by atoms with van der Waals surface area (Å²) in [7, 11) is 5.24. The second-order valence-electron chi connectivity index (χ2n) is 4.44. The fraction of sp³-hybridized carbons (Fsp3) is 0.400. The van der Waals surface area contributed by atoms with Crippen molar-refractivity contribution >= 4 is 11.3 Å². The van der Waals surface area contributed by atoms with Crippen molar-refractivity contribution in [2.45, 2.75) is 13.3 Å². The number of aryl methyl sites for hydroxylation is 1. The van der Waals surface area contributed by atoms with Gasteiger partial charge in [-0.15, -0.1) is 11.3 Å². The van der Waals surface area contributed by atoms with Crippen LogP contribution in [-0.2, 0) is 6.42 Å². The zero-order valence-electron chi connectivity index (χ0n) is 12.3. The van der Waals surface area contributed by atoms with Crippen molar-refractivity contribution in [3.63, 3.8) is 0 Å². The van der Waals surface area contributed by atoms with Crippen molar-refractivity contribution in [1.82, 2.24) is 10.3 Å². The van der Waals surface area contributed by atoms with Gasteiger partial charge in [0.1, 0.15) is 0 Å². The molecule has 2 aromatic rings. The van der Waals surface area contributed by atoms with Gasteiger partial charge in [-0.05, 0) is 32.2 Å². The highest BCUT2D eigenvalue weighted by atomic mass is 32.1. The summed E-state index contributed by atoms with van der Waals surface area (Å²) >= 11 is 1.75. The molecule has 0 spiro atoms. The van der Waals surface area contributed by atoms with Crippen molar-refractivity contribution < 1.29 is 9.47 Å². The highest BCUT2D eigenvalue weighted by Gasteiger charge is 2.12. The largest absolute Gasteiger partial charge is 0.493 e. The van der Waals surface area contributed by atoms with Crippen molar-refractivity contribution in [1.29, 1.82) is 0 Å². The van der Waals surface area contributed by atoms with E-state index in [-0.39, 0.29) is 0 Å². The molecule has 0 saturated carbocycles. The van der Waals surface area contributed by atoms with E-state index in [2.05, 4.69) is 12.2 Å². The first-order chi connectivity index (χ1) is 9.69. The molecule has 5 heteroatoms. The Kier molecular flexibility index (Phi) is 4.98. The van der Waals surface area contributed by atoms with E-state index in [9.17, 15) is 0 Å². The van der Waals surface area contributed by atoms with Gasteiger partial charge in [0, 0.05) is 23.4 Å². The molecule has 0 atom stereocenters. The molecule has 0 bridgehead atoms. The standard InChI is InChI=1S/C15H20N2O2S/c1-10-15(17-14(20-10)7-8-16-2)11-5-6-12(18-3)13(9-11)19-4/h5-6,9,16H,7-8H2,1-4H3. The smallest absolute Gasteiger partial charge is 0.161 e. The molecule has 1 heterocycles. The first-order valence-corrected chi connectivity index (χ1v) is 7.34. The molecule has 4 nitrogen and oxygen atoms in total. The van der Waals surface area contributed by atoms with E-state index < -0.39 is 0 Å². The number of aromatic nitrogens is 1. The first-order valence-electron chi connectivity index (χ1n) is 6.53. The number of ether oxygens (including phenoxy) is 2. The van der Waals surface area contributed by atoms with Crippen molar-refractivity contribution in [3.05, 3.63) is 28.1 Å². The van der Waals surface area contributed by atoms with Crippen LogP contribution in [-0.4, -0.2) is 32.8 Å². The third-order valence-electron chi connectivity index (χ3n) is 3.09. The molecule has 0 radical (unpaired) electrons. The number of benzene rings is 1. The van der Waals surface area contributed by atoms with Crippen LogP contribution in [0.4, 0.5) is 0 Å². The number of hydrogen-bond donors (Lipinski definition) is 1. The molecular formula is C15H20N2O2S. The SMILES string of the molecule is CNCCc1nc(-c2ccc(OC)c(OC)c2)c(C)s1. The Labute approximate surface area is 123 Å². The minimum atomic E-state index is 0.731. The molecule has 1 aromatic carbocycles. The van der Waals surface area contributed by atoms with E-state index in [4.69, 9.17) is 14.5 Å². The van der Waals surface area contributed by atoms with Gasteiger partial charge in [0.15, 0.2) is 11.5 Å². The van der Waals surface area contributed by atoms with E-state index in [1.165, 1.54) is 4.88 Å². The van der Waals surface area contributed by atoms with E-state index in [1.54, 1.807) is 25.6 Å². The Hall–Kier alpha value is -1.59. The lowest BCUT2D eigenvalue weighted by molar-refractivity contribution is 0.355. The van der Waals surface area contributed by atoms with Crippen LogP contribution in [0.5, 0.6) is 11.5 Å². The lowest BCUT2D eigenvalue weighted by Crippen LogP contribution is -2.09. The number of rotatable bonds is 6. The summed E-state index contributed by atoms with van der Waals surface area (Å²) in [6.07, 6.45) is 0.954. The minimum Gasteiger partial charge on any atom is -0.493 e. The van der Waals surface area contributed by atoms with Gasteiger partial charge in [-0.3, -0.25) is 0 Å². The summed E-state index contributed by atoms with van der Waals surface area (Å²) in [5.41, 5.74) is 2.09. The Bertz CT molecular complexity index is 581. The maximum atomic E-state index is 5.35. The molecule has 1 N–H and O–H groups in total. The molecule has 0 unspecified atom stereocenters. The minimum absolute atomic E-state index is 0.731. The van der Waals surface area contributed by atoms with E-state index in [0.717, 1.165) is 40.7 Å². The molecule has 20 heavy (non-hydrogen) atoms. The van der Waals surface area contributed by atoms with Crippen molar-refractivity contribution in [3.8, 4) is 22.8 Å². The topological polar surface area (TPSA) is 43.4 Å². The van der Waals surface area contributed by atoms with Gasteiger partial charge in [0.2, 0.25) is 0 Å². The van der Waals surface area contributed by atoms with Crippen LogP contribution in [0.1, 0.15) is 9.88 Å². The zero-order chi connectivity index (χ0) is 14.5. The molecule has 0 saturated heterocycles. The first kappa shape index (κ1) is 14.8. The average molecular weight is 292 g/mol. The van der Waals surface area contributed by atoms with Gasteiger partial charge in [-0.1, -0.05) is 0 Å². The van der Waals surface area contributed by atoms with Crippen LogP contribution in [0.3, 0.4) is 0 Å². The van der Waals surface area contributed by atoms with Crippen molar-refractivity contribution in [2.24, 2.45) is 0 Å². The quantitative estimate of drug-likeness (QED) is 0.889. The fourth-order valence-corrected chi connectivity index (χ4v) is 3.00. The molecule has 0 amide bonds. The van der Waals surface area contributed by atoms with Gasteiger partial charge in [-0.2, -0.15) is 0 Å². The summed E-state index contributed by atoms with van der Waals surface area (Å²) in [6.45, 7) is 3.05. The summed E-state index contributed by atoms with van der Waals surface area (Å²) in [4.78, 5) is 5.96. The van der Waals surface area contributed by atoms with Gasteiger partial charge in [0.25, 0.3) is 0 Å². The van der Waals surface area contributed by atoms with Crippen LogP contribution in [0.15, 0.2) is 18.2 Å². The van der Waals surface area contributed by atoms with Crippen LogP contribution in [0.2, 0.25) is 0 Å². The predicted molar refractivity (Wildman–Crippen MR) is 83.0 cm³/mol. The summed E-state index contributed by atoms with van der Waals surface area (Å²) in [5.74, 6) is 1.47. The summed E-state index contributed by atoms with van der Waals surface area (Å²) < 4.78 is 10.6. The Morgan fingerprint density at radius 2 is 1.95 bits per heavy atom. The average Bonchev–Trinajstić information content (AvgIpc) is 2.85. The maximum Gasteiger partial charge on any atom is 0.161 e. The van der Waals surface area contributed by atoms with Gasteiger partial charge < -0.3 is 14.8 Å².